The van der Waals surface area contributed by atoms with Crippen molar-refractivity contribution in [2.24, 2.45) is 0 Å². The molecule has 0 saturated heterocycles. The van der Waals surface area contributed by atoms with E-state index in [1.165, 1.54) is 11.1 Å². The van der Waals surface area contributed by atoms with E-state index in [0.717, 1.165) is 29.4 Å². The maximum Gasteiger partial charge on any atom is 0.127 e. The fraction of sp³-hybridized carbons (Fsp3) is 0.474. The molecule has 3 rings (SSSR count). The number of hydrogen-bond donors (Lipinski definition) is 1. The highest BCUT2D eigenvalue weighted by molar-refractivity contribution is 6.21. The lowest BCUT2D eigenvalue weighted by Gasteiger charge is -2.20. The summed E-state index contributed by atoms with van der Waals surface area (Å²) in [5, 5.41) is 12.4. The monoisotopic (exact) mass is 318 g/mol. The Kier molecular flexibility index (Phi) is 3.76. The summed E-state index contributed by atoms with van der Waals surface area (Å²) < 4.78 is 5.58. The Balaban J connectivity index is 2.41. The van der Waals surface area contributed by atoms with Crippen molar-refractivity contribution in [2.45, 2.75) is 50.3 Å². The van der Waals surface area contributed by atoms with Gasteiger partial charge in [0.05, 0.1) is 7.11 Å². The molecule has 2 atom stereocenters. The molecule has 2 unspecified atom stereocenters. The van der Waals surface area contributed by atoms with Crippen LogP contribution < -0.4 is 4.74 Å². The first kappa shape index (κ1) is 15.5. The number of methoxy groups -OCH3 is 1. The lowest BCUT2D eigenvalue weighted by Crippen LogP contribution is -2.15. The average Bonchev–Trinajstić information content (AvgIpc) is 2.77. The van der Waals surface area contributed by atoms with Crippen LogP contribution >= 0.6 is 11.6 Å². The zero-order chi connectivity index (χ0) is 16.1. The van der Waals surface area contributed by atoms with Gasteiger partial charge in [0, 0.05) is 22.1 Å². The van der Waals surface area contributed by atoms with Crippen molar-refractivity contribution >= 4 is 22.4 Å². The molecule has 22 heavy (non-hydrogen) atoms. The molecular weight excluding hydrogens is 296 g/mol. The first-order valence-corrected chi connectivity index (χ1v) is 8.31. The number of alkyl halides is 1. The molecule has 0 heterocycles. The van der Waals surface area contributed by atoms with Crippen LogP contribution in [0.15, 0.2) is 24.3 Å². The highest BCUT2D eigenvalue weighted by Gasteiger charge is 2.41. The number of phenolic OH excluding ortho intramolecular Hbond substituents is 1. The van der Waals surface area contributed by atoms with Gasteiger partial charge in [0.2, 0.25) is 0 Å². The van der Waals surface area contributed by atoms with Crippen LogP contribution in [0.1, 0.15) is 50.7 Å². The van der Waals surface area contributed by atoms with Crippen molar-refractivity contribution in [3.63, 3.8) is 0 Å². The second-order valence-electron chi connectivity index (χ2n) is 6.86. The van der Waals surface area contributed by atoms with E-state index in [1.54, 1.807) is 7.11 Å². The molecule has 1 N–H and O–H groups in total. The van der Waals surface area contributed by atoms with E-state index in [4.69, 9.17) is 16.3 Å². The fourth-order valence-electron chi connectivity index (χ4n) is 3.92. The van der Waals surface area contributed by atoms with Crippen molar-refractivity contribution in [3.05, 3.63) is 35.4 Å². The number of phenols is 1. The van der Waals surface area contributed by atoms with Gasteiger partial charge in [-0.15, -0.1) is 11.6 Å². The van der Waals surface area contributed by atoms with Crippen LogP contribution in [-0.2, 0) is 5.41 Å². The zero-order valence-electron chi connectivity index (χ0n) is 13.6. The lowest BCUT2D eigenvalue weighted by molar-refractivity contribution is 0.419. The summed E-state index contributed by atoms with van der Waals surface area (Å²) in [7, 11) is 1.68. The number of aromatic hydroxyl groups is 1. The van der Waals surface area contributed by atoms with Crippen molar-refractivity contribution < 1.29 is 9.84 Å². The summed E-state index contributed by atoms with van der Waals surface area (Å²) in [5.74, 6) is 1.42. The summed E-state index contributed by atoms with van der Waals surface area (Å²) in [6.45, 7) is 6.58. The van der Waals surface area contributed by atoms with E-state index >= 15 is 0 Å². The van der Waals surface area contributed by atoms with E-state index in [9.17, 15) is 5.11 Å². The third-order valence-electron chi connectivity index (χ3n) is 5.02. The summed E-state index contributed by atoms with van der Waals surface area (Å²) >= 11 is 6.66. The molecule has 0 aromatic heterocycles. The van der Waals surface area contributed by atoms with Crippen molar-refractivity contribution in [2.75, 3.05) is 7.11 Å². The normalized spacial score (nSPS) is 20.9. The van der Waals surface area contributed by atoms with Crippen LogP contribution in [0.25, 0.3) is 10.8 Å². The number of benzene rings is 2. The van der Waals surface area contributed by atoms with E-state index in [0.29, 0.717) is 5.75 Å². The van der Waals surface area contributed by atoms with Gasteiger partial charge in [-0.3, -0.25) is 0 Å². The fourth-order valence-corrected chi connectivity index (χ4v) is 4.13. The topological polar surface area (TPSA) is 29.5 Å². The van der Waals surface area contributed by atoms with Crippen LogP contribution in [0.5, 0.6) is 11.5 Å². The maximum absolute atomic E-state index is 10.5. The predicted molar refractivity (Wildman–Crippen MR) is 92.5 cm³/mol. The van der Waals surface area contributed by atoms with Gasteiger partial charge < -0.3 is 9.84 Å². The van der Waals surface area contributed by atoms with Crippen LogP contribution in [0.3, 0.4) is 0 Å². The second-order valence-corrected chi connectivity index (χ2v) is 7.42. The lowest BCUT2D eigenvalue weighted by atomic mass is 9.85. The number of ether oxygens (including phenoxy) is 1. The number of halogens is 1. The molecule has 118 valence electrons. The van der Waals surface area contributed by atoms with Crippen LogP contribution in [0.2, 0.25) is 0 Å². The summed E-state index contributed by atoms with van der Waals surface area (Å²) in [6, 6.07) is 7.75. The third kappa shape index (κ3) is 2.16. The maximum atomic E-state index is 10.5. The number of hydrogen-bond acceptors (Lipinski definition) is 2. The molecular formula is C19H23ClO2. The predicted octanol–water partition coefficient (Wildman–Crippen LogP) is 5.34. The smallest absolute Gasteiger partial charge is 0.127 e. The van der Waals surface area contributed by atoms with Crippen molar-refractivity contribution in [3.8, 4) is 11.5 Å². The Morgan fingerprint density at radius 2 is 2.14 bits per heavy atom. The highest BCUT2D eigenvalue weighted by Crippen LogP contribution is 2.54. The quantitative estimate of drug-likeness (QED) is 0.774. The van der Waals surface area contributed by atoms with Crippen molar-refractivity contribution in [1.82, 2.24) is 0 Å². The Hall–Kier alpha value is -1.41. The first-order valence-electron chi connectivity index (χ1n) is 7.87. The minimum absolute atomic E-state index is 0.00876. The molecule has 2 nitrogen and oxygen atoms in total. The molecule has 2 aromatic carbocycles. The van der Waals surface area contributed by atoms with Gasteiger partial charge in [0.15, 0.2) is 0 Å². The molecule has 1 aliphatic carbocycles. The van der Waals surface area contributed by atoms with Crippen LogP contribution in [0.4, 0.5) is 0 Å². The minimum Gasteiger partial charge on any atom is -0.507 e. The molecule has 3 heteroatoms. The molecule has 2 aromatic rings. The van der Waals surface area contributed by atoms with E-state index < -0.39 is 0 Å². The molecule has 0 radical (unpaired) electrons. The molecule has 0 saturated carbocycles. The van der Waals surface area contributed by atoms with E-state index in [2.05, 4.69) is 20.8 Å². The summed E-state index contributed by atoms with van der Waals surface area (Å²) in [6.07, 6.45) is 1.93. The van der Waals surface area contributed by atoms with Crippen LogP contribution in [0, 0.1) is 0 Å². The number of fused-ring (bicyclic) bond motifs is 3. The Morgan fingerprint density at radius 3 is 2.77 bits per heavy atom. The first-order chi connectivity index (χ1) is 10.4. The Bertz CT molecular complexity index is 721. The molecule has 0 bridgehead atoms. The summed E-state index contributed by atoms with van der Waals surface area (Å²) in [5.41, 5.74) is 2.47. The van der Waals surface area contributed by atoms with E-state index in [1.807, 2.05) is 24.3 Å². The Labute approximate surface area is 137 Å². The highest BCUT2D eigenvalue weighted by atomic mass is 35.5. The van der Waals surface area contributed by atoms with Crippen molar-refractivity contribution in [1.29, 1.82) is 0 Å². The van der Waals surface area contributed by atoms with Gasteiger partial charge in [-0.05, 0) is 41.5 Å². The van der Waals surface area contributed by atoms with Gasteiger partial charge in [-0.25, -0.2) is 0 Å². The Morgan fingerprint density at radius 1 is 1.41 bits per heavy atom. The molecule has 1 aliphatic rings. The van der Waals surface area contributed by atoms with Gasteiger partial charge >= 0.3 is 0 Å². The standard InChI is InChI=1S/C19H23ClO2/c1-5-14(20)12-10-19(2,3)13-9-15(21)11-7-6-8-16(22-4)18(11)17(12)13/h6-9,12,14,21H,5,10H2,1-4H3. The van der Waals surface area contributed by atoms with Crippen LogP contribution in [-0.4, -0.2) is 17.6 Å². The second kappa shape index (κ2) is 5.34. The van der Waals surface area contributed by atoms with Gasteiger partial charge in [-0.1, -0.05) is 32.9 Å². The van der Waals surface area contributed by atoms with Gasteiger partial charge in [0.25, 0.3) is 0 Å². The largest absolute Gasteiger partial charge is 0.507 e. The molecule has 0 aliphatic heterocycles. The number of rotatable bonds is 3. The van der Waals surface area contributed by atoms with Gasteiger partial charge in [-0.2, -0.15) is 0 Å². The zero-order valence-corrected chi connectivity index (χ0v) is 14.4. The SMILES string of the molecule is CCC(Cl)C1CC(C)(C)c2cc(O)c3cccc(OC)c3c21. The molecule has 0 spiro atoms. The molecule has 0 fully saturated rings. The summed E-state index contributed by atoms with van der Waals surface area (Å²) in [4.78, 5) is 0. The third-order valence-corrected chi connectivity index (χ3v) is 5.63. The molecule has 0 amide bonds. The average molecular weight is 319 g/mol. The van der Waals surface area contributed by atoms with E-state index in [-0.39, 0.29) is 16.7 Å². The minimum atomic E-state index is 0.00876. The van der Waals surface area contributed by atoms with Gasteiger partial charge in [0.1, 0.15) is 11.5 Å².